The molecule has 0 aliphatic rings. The Hall–Kier alpha value is -1.99. The maximum absolute atomic E-state index is 11.8. The van der Waals surface area contributed by atoms with Crippen molar-refractivity contribution in [3.63, 3.8) is 0 Å². The Bertz CT molecular complexity index is 790. The number of carbonyl (C=O) groups is 1. The highest BCUT2D eigenvalue weighted by Crippen LogP contribution is 2.15. The molecule has 1 aromatic carbocycles. The Balaban J connectivity index is 2.01. The molecule has 2 rings (SSSR count). The number of hydrogen-bond acceptors (Lipinski definition) is 5. The number of aromatic nitrogens is 1. The maximum atomic E-state index is 11.8. The number of thiazole rings is 1. The van der Waals surface area contributed by atoms with Crippen LogP contribution in [0.2, 0.25) is 0 Å². The lowest BCUT2D eigenvalue weighted by Crippen LogP contribution is -2.08. The number of sulfone groups is 1. The van der Waals surface area contributed by atoms with Gasteiger partial charge in [-0.05, 0) is 37.3 Å². The van der Waals surface area contributed by atoms with Gasteiger partial charge in [-0.2, -0.15) is 0 Å². The molecule has 1 N–H and O–H groups in total. The molecule has 5 nitrogen and oxygen atoms in total. The summed E-state index contributed by atoms with van der Waals surface area (Å²) in [4.78, 5) is 16.3. The van der Waals surface area contributed by atoms with Crippen LogP contribution in [0.4, 0.5) is 5.69 Å². The van der Waals surface area contributed by atoms with Gasteiger partial charge >= 0.3 is 0 Å². The highest BCUT2D eigenvalue weighted by molar-refractivity contribution is 7.91. The summed E-state index contributed by atoms with van der Waals surface area (Å²) in [6.45, 7) is 3.49. The van der Waals surface area contributed by atoms with E-state index in [2.05, 4.69) is 10.3 Å². The van der Waals surface area contributed by atoms with Crippen molar-refractivity contribution >= 4 is 38.8 Å². The predicted octanol–water partition coefficient (Wildman–Crippen LogP) is 2.90. The topological polar surface area (TPSA) is 76.1 Å². The zero-order valence-electron chi connectivity index (χ0n) is 12.2. The molecule has 116 valence electrons. The molecule has 1 amide bonds. The fourth-order valence-electron chi connectivity index (χ4n) is 1.71. The number of hydrogen-bond donors (Lipinski definition) is 1. The number of benzene rings is 1. The average molecular weight is 336 g/mol. The third-order valence-electron chi connectivity index (χ3n) is 2.90. The van der Waals surface area contributed by atoms with Gasteiger partial charge in [0, 0.05) is 17.1 Å². The third kappa shape index (κ3) is 4.25. The molecule has 2 aromatic rings. The first-order valence-electron chi connectivity index (χ1n) is 6.65. The first kappa shape index (κ1) is 16.4. The number of anilines is 1. The molecule has 0 atom stereocenters. The van der Waals surface area contributed by atoms with Crippen molar-refractivity contribution in [2.45, 2.75) is 18.7 Å². The Labute approximate surface area is 133 Å². The summed E-state index contributed by atoms with van der Waals surface area (Å²) >= 11 is 1.52. The van der Waals surface area contributed by atoms with Crippen molar-refractivity contribution in [3.05, 3.63) is 46.4 Å². The minimum Gasteiger partial charge on any atom is -0.323 e. The first-order chi connectivity index (χ1) is 10.4. The van der Waals surface area contributed by atoms with E-state index in [1.165, 1.54) is 29.5 Å². The smallest absolute Gasteiger partial charge is 0.248 e. The fraction of sp³-hybridized carbons (Fsp3) is 0.200. The SMILES string of the molecule is CCS(=O)(=O)c1ccc(NC(=O)/C=C/c2csc(C)n2)cc1. The summed E-state index contributed by atoms with van der Waals surface area (Å²) < 4.78 is 23.4. The highest BCUT2D eigenvalue weighted by Gasteiger charge is 2.10. The second-order valence-electron chi connectivity index (χ2n) is 4.54. The van der Waals surface area contributed by atoms with Gasteiger partial charge in [0.15, 0.2) is 9.84 Å². The molecule has 0 saturated heterocycles. The Morgan fingerprint density at radius 1 is 1.32 bits per heavy atom. The molecule has 1 aromatic heterocycles. The lowest BCUT2D eigenvalue weighted by atomic mass is 10.3. The van der Waals surface area contributed by atoms with E-state index in [0.29, 0.717) is 5.69 Å². The summed E-state index contributed by atoms with van der Waals surface area (Å²) in [5, 5.41) is 5.47. The molecule has 0 fully saturated rings. The van der Waals surface area contributed by atoms with Crippen LogP contribution in [0.25, 0.3) is 6.08 Å². The van der Waals surface area contributed by atoms with Crippen LogP contribution in [0.1, 0.15) is 17.6 Å². The maximum Gasteiger partial charge on any atom is 0.248 e. The van der Waals surface area contributed by atoms with Gasteiger partial charge < -0.3 is 5.32 Å². The summed E-state index contributed by atoms with van der Waals surface area (Å²) in [6.07, 6.45) is 3.03. The molecule has 0 bridgehead atoms. The van der Waals surface area contributed by atoms with Crippen molar-refractivity contribution in [2.75, 3.05) is 11.1 Å². The Morgan fingerprint density at radius 3 is 2.55 bits per heavy atom. The molecular weight excluding hydrogens is 320 g/mol. The van der Waals surface area contributed by atoms with E-state index in [-0.39, 0.29) is 16.6 Å². The second-order valence-corrected chi connectivity index (χ2v) is 7.88. The number of nitrogens with one attached hydrogen (secondary N) is 1. The van der Waals surface area contributed by atoms with Gasteiger partial charge in [-0.25, -0.2) is 13.4 Å². The number of aryl methyl sites for hydroxylation is 1. The largest absolute Gasteiger partial charge is 0.323 e. The van der Waals surface area contributed by atoms with Gasteiger partial charge in [0.2, 0.25) is 5.91 Å². The number of amides is 1. The lowest BCUT2D eigenvalue weighted by molar-refractivity contribution is -0.111. The number of carbonyl (C=O) groups excluding carboxylic acids is 1. The average Bonchev–Trinajstić information content (AvgIpc) is 2.91. The quantitative estimate of drug-likeness (QED) is 0.852. The molecule has 7 heteroatoms. The van der Waals surface area contributed by atoms with Gasteiger partial charge in [-0.1, -0.05) is 6.92 Å². The van der Waals surface area contributed by atoms with Crippen LogP contribution in [0.3, 0.4) is 0 Å². The third-order valence-corrected chi connectivity index (χ3v) is 5.45. The summed E-state index contributed by atoms with van der Waals surface area (Å²) in [5.74, 6) is -0.245. The summed E-state index contributed by atoms with van der Waals surface area (Å²) in [6, 6.07) is 6.12. The Morgan fingerprint density at radius 2 is 2.00 bits per heavy atom. The number of nitrogens with zero attached hydrogens (tertiary/aromatic N) is 1. The molecule has 0 unspecified atom stereocenters. The zero-order valence-corrected chi connectivity index (χ0v) is 13.9. The van der Waals surface area contributed by atoms with Crippen LogP contribution in [0, 0.1) is 6.92 Å². The van der Waals surface area contributed by atoms with E-state index < -0.39 is 9.84 Å². The molecule has 0 spiro atoms. The molecule has 0 radical (unpaired) electrons. The molecular formula is C15H16N2O3S2. The van der Waals surface area contributed by atoms with Gasteiger partial charge in [0.25, 0.3) is 0 Å². The Kier molecular flexibility index (Phi) is 5.10. The minimum atomic E-state index is -3.22. The van der Waals surface area contributed by atoms with Crippen LogP contribution >= 0.6 is 11.3 Å². The zero-order chi connectivity index (χ0) is 16.2. The van der Waals surface area contributed by atoms with Crippen LogP contribution in [-0.4, -0.2) is 25.1 Å². The van der Waals surface area contributed by atoms with Gasteiger partial charge in [-0.3, -0.25) is 4.79 Å². The van der Waals surface area contributed by atoms with Gasteiger partial charge in [-0.15, -0.1) is 11.3 Å². The van der Waals surface area contributed by atoms with Crippen molar-refractivity contribution < 1.29 is 13.2 Å². The molecule has 0 saturated carbocycles. The normalized spacial score (nSPS) is 11.7. The second kappa shape index (κ2) is 6.85. The fourth-order valence-corrected chi connectivity index (χ4v) is 3.18. The van der Waals surface area contributed by atoms with Crippen molar-refractivity contribution in [1.29, 1.82) is 0 Å². The first-order valence-corrected chi connectivity index (χ1v) is 9.18. The number of rotatable bonds is 5. The standard InChI is InChI=1S/C15H16N2O3S2/c1-3-22(19,20)14-7-4-12(5-8-14)17-15(18)9-6-13-10-21-11(2)16-13/h4-10H,3H2,1-2H3,(H,17,18)/b9-6+. The molecule has 0 aliphatic carbocycles. The van der Waals surface area contributed by atoms with E-state index in [1.807, 2.05) is 12.3 Å². The summed E-state index contributed by atoms with van der Waals surface area (Å²) in [7, 11) is -3.22. The van der Waals surface area contributed by atoms with E-state index in [4.69, 9.17) is 0 Å². The molecule has 22 heavy (non-hydrogen) atoms. The van der Waals surface area contributed by atoms with Crippen molar-refractivity contribution in [1.82, 2.24) is 4.98 Å². The van der Waals surface area contributed by atoms with E-state index >= 15 is 0 Å². The monoisotopic (exact) mass is 336 g/mol. The molecule has 0 aliphatic heterocycles. The van der Waals surface area contributed by atoms with Gasteiger partial charge in [0.05, 0.1) is 21.3 Å². The van der Waals surface area contributed by atoms with Crippen molar-refractivity contribution in [2.24, 2.45) is 0 Å². The van der Waals surface area contributed by atoms with E-state index in [9.17, 15) is 13.2 Å². The van der Waals surface area contributed by atoms with Crippen LogP contribution in [0.5, 0.6) is 0 Å². The van der Waals surface area contributed by atoms with Crippen LogP contribution in [-0.2, 0) is 14.6 Å². The highest BCUT2D eigenvalue weighted by atomic mass is 32.2. The summed E-state index contributed by atoms with van der Waals surface area (Å²) in [5.41, 5.74) is 1.28. The van der Waals surface area contributed by atoms with Gasteiger partial charge in [0.1, 0.15) is 0 Å². The van der Waals surface area contributed by atoms with Crippen LogP contribution in [0.15, 0.2) is 40.6 Å². The predicted molar refractivity (Wildman–Crippen MR) is 88.7 cm³/mol. The minimum absolute atomic E-state index is 0.0501. The van der Waals surface area contributed by atoms with Crippen molar-refractivity contribution in [3.8, 4) is 0 Å². The van der Waals surface area contributed by atoms with Crippen LogP contribution < -0.4 is 5.32 Å². The van der Waals surface area contributed by atoms with E-state index in [0.717, 1.165) is 10.7 Å². The lowest BCUT2D eigenvalue weighted by Gasteiger charge is -2.04. The van der Waals surface area contributed by atoms with E-state index in [1.54, 1.807) is 25.1 Å². The molecule has 1 heterocycles.